The molecule has 4 N–H and O–H groups in total. The van der Waals surface area contributed by atoms with Gasteiger partial charge in [-0.2, -0.15) is 5.10 Å². The van der Waals surface area contributed by atoms with Gasteiger partial charge in [-0.3, -0.25) is 5.10 Å². The fourth-order valence-corrected chi connectivity index (χ4v) is 4.45. The summed E-state index contributed by atoms with van der Waals surface area (Å²) in [6.45, 7) is 0.195. The van der Waals surface area contributed by atoms with E-state index in [2.05, 4.69) is 45.8 Å². The van der Waals surface area contributed by atoms with Crippen LogP contribution in [0.25, 0.3) is 22.3 Å². The molecule has 6 rings (SSSR count). The molecule has 1 amide bonds. The maximum atomic E-state index is 13.7. The maximum Gasteiger partial charge on any atom is 0.413 e. The van der Waals surface area contributed by atoms with Crippen molar-refractivity contribution in [1.82, 2.24) is 40.4 Å². The van der Waals surface area contributed by atoms with Crippen molar-refractivity contribution in [1.29, 1.82) is 0 Å². The standard InChI is InChI=1S/C29H25FN10O2/c1-31-28-33-13-11-23(37-28)24-15-18-14-21(9-10-22(18)36-24)42-29(41)38-25(27-34-17-35-39-27)16-40(26-4-2-3-12-32-26)20-7-5-19(30)6-8-20/h2-15,17,25,36H,16H2,1H3,(H,38,41)(H,31,33,37)(H,34,35,39). The van der Waals surface area contributed by atoms with Crippen molar-refractivity contribution in [2.45, 2.75) is 6.04 Å². The number of carbonyl (C=O) groups excluding carboxylic acids is 1. The first-order valence-electron chi connectivity index (χ1n) is 13.0. The van der Waals surface area contributed by atoms with Crippen LogP contribution in [-0.4, -0.2) is 54.8 Å². The molecule has 4 aromatic heterocycles. The molecule has 4 heterocycles. The Bertz CT molecular complexity index is 1790. The van der Waals surface area contributed by atoms with E-state index < -0.39 is 12.1 Å². The number of carbonyl (C=O) groups is 1. The van der Waals surface area contributed by atoms with Crippen LogP contribution in [0.2, 0.25) is 0 Å². The van der Waals surface area contributed by atoms with Gasteiger partial charge in [-0.05, 0) is 66.7 Å². The smallest absolute Gasteiger partial charge is 0.410 e. The van der Waals surface area contributed by atoms with Gasteiger partial charge in [-0.15, -0.1) is 0 Å². The van der Waals surface area contributed by atoms with Gasteiger partial charge in [0.05, 0.1) is 17.9 Å². The second kappa shape index (κ2) is 11.7. The van der Waals surface area contributed by atoms with Gasteiger partial charge in [-0.25, -0.2) is 29.1 Å². The van der Waals surface area contributed by atoms with E-state index >= 15 is 0 Å². The van der Waals surface area contributed by atoms with Crippen LogP contribution in [-0.2, 0) is 0 Å². The molecule has 0 fully saturated rings. The maximum absolute atomic E-state index is 13.7. The molecular formula is C29H25FN10O2. The van der Waals surface area contributed by atoms with E-state index in [0.717, 1.165) is 22.3 Å². The van der Waals surface area contributed by atoms with Gasteiger partial charge in [0.1, 0.15) is 35.6 Å². The van der Waals surface area contributed by atoms with Crippen molar-refractivity contribution < 1.29 is 13.9 Å². The first kappa shape index (κ1) is 26.4. The Hall–Kier alpha value is -5.85. The molecule has 1 unspecified atom stereocenters. The number of hydrogen-bond donors (Lipinski definition) is 4. The molecular weight excluding hydrogens is 539 g/mol. The summed E-state index contributed by atoms with van der Waals surface area (Å²) in [6.07, 6.45) is 3.99. The Labute approximate surface area is 239 Å². The van der Waals surface area contributed by atoms with Crippen LogP contribution < -0.4 is 20.3 Å². The van der Waals surface area contributed by atoms with E-state index in [1.807, 2.05) is 29.2 Å². The summed E-state index contributed by atoms with van der Waals surface area (Å²) < 4.78 is 19.4. The minimum absolute atomic E-state index is 0.195. The highest BCUT2D eigenvalue weighted by Gasteiger charge is 2.24. The quantitative estimate of drug-likeness (QED) is 0.191. The molecule has 0 aliphatic heterocycles. The Morgan fingerprint density at radius 1 is 1.02 bits per heavy atom. The normalized spacial score (nSPS) is 11.7. The number of amides is 1. The number of aromatic nitrogens is 7. The third-order valence-electron chi connectivity index (χ3n) is 6.44. The molecule has 6 aromatic rings. The van der Waals surface area contributed by atoms with Crippen LogP contribution in [0.4, 0.5) is 26.6 Å². The molecule has 0 saturated heterocycles. The van der Waals surface area contributed by atoms with Crippen LogP contribution in [0.5, 0.6) is 5.75 Å². The van der Waals surface area contributed by atoms with Gasteiger partial charge in [0.15, 0.2) is 0 Å². The summed E-state index contributed by atoms with van der Waals surface area (Å²) in [7, 11) is 1.75. The number of ether oxygens (including phenoxy) is 1. The van der Waals surface area contributed by atoms with E-state index in [0.29, 0.717) is 29.0 Å². The number of H-pyrrole nitrogens is 2. The SMILES string of the molecule is CNc1nccc(-c2cc3cc(OC(=O)NC(CN(c4ccc(F)cc4)c4ccccn4)c4ncn[nH]4)ccc3[nH]2)n1. The molecule has 42 heavy (non-hydrogen) atoms. The predicted molar refractivity (Wildman–Crippen MR) is 155 cm³/mol. The highest BCUT2D eigenvalue weighted by molar-refractivity contribution is 5.87. The number of nitrogens with one attached hydrogen (secondary N) is 4. The molecule has 2 aromatic carbocycles. The van der Waals surface area contributed by atoms with Gasteiger partial charge in [0.25, 0.3) is 0 Å². The molecule has 13 heteroatoms. The Morgan fingerprint density at radius 2 is 1.90 bits per heavy atom. The van der Waals surface area contributed by atoms with Crippen LogP contribution in [0.1, 0.15) is 11.9 Å². The molecule has 0 bridgehead atoms. The van der Waals surface area contributed by atoms with Gasteiger partial charge in [0.2, 0.25) is 5.95 Å². The molecule has 0 aliphatic rings. The van der Waals surface area contributed by atoms with Gasteiger partial charge in [0, 0.05) is 36.0 Å². The average Bonchev–Trinajstić information content (AvgIpc) is 3.71. The fourth-order valence-electron chi connectivity index (χ4n) is 4.45. The topological polar surface area (TPSA) is 150 Å². The summed E-state index contributed by atoms with van der Waals surface area (Å²) in [5.74, 6) is 1.50. The summed E-state index contributed by atoms with van der Waals surface area (Å²) in [5.41, 5.74) is 3.05. The van der Waals surface area contributed by atoms with E-state index in [-0.39, 0.29) is 12.4 Å². The Balaban J connectivity index is 1.22. The number of fused-ring (bicyclic) bond motifs is 1. The van der Waals surface area contributed by atoms with Crippen LogP contribution in [0.15, 0.2) is 91.5 Å². The van der Waals surface area contributed by atoms with E-state index in [1.54, 1.807) is 55.8 Å². The molecule has 12 nitrogen and oxygen atoms in total. The zero-order chi connectivity index (χ0) is 28.9. The van der Waals surface area contributed by atoms with Gasteiger partial charge < -0.3 is 25.3 Å². The number of hydrogen-bond acceptors (Lipinski definition) is 9. The minimum atomic E-state index is -0.693. The summed E-state index contributed by atoms with van der Waals surface area (Å²) >= 11 is 0. The average molecular weight is 565 g/mol. The number of nitrogens with zero attached hydrogens (tertiary/aromatic N) is 6. The summed E-state index contributed by atoms with van der Waals surface area (Å²) in [5, 5.41) is 13.4. The number of pyridine rings is 1. The van der Waals surface area contributed by atoms with Crippen molar-refractivity contribution >= 4 is 34.4 Å². The molecule has 0 radical (unpaired) electrons. The zero-order valence-corrected chi connectivity index (χ0v) is 22.3. The van der Waals surface area contributed by atoms with Gasteiger partial charge in [-0.1, -0.05) is 6.07 Å². The first-order valence-corrected chi connectivity index (χ1v) is 13.0. The minimum Gasteiger partial charge on any atom is -0.410 e. The second-order valence-electron chi connectivity index (χ2n) is 9.18. The number of anilines is 3. The number of halogens is 1. The molecule has 210 valence electrons. The number of rotatable bonds is 9. The van der Waals surface area contributed by atoms with Crippen LogP contribution in [0.3, 0.4) is 0 Å². The lowest BCUT2D eigenvalue weighted by Crippen LogP contribution is -2.38. The largest absolute Gasteiger partial charge is 0.413 e. The molecule has 0 aliphatic carbocycles. The molecule has 1 atom stereocenters. The highest BCUT2D eigenvalue weighted by atomic mass is 19.1. The zero-order valence-electron chi connectivity index (χ0n) is 22.3. The van der Waals surface area contributed by atoms with E-state index in [4.69, 9.17) is 4.74 Å². The van der Waals surface area contributed by atoms with Crippen molar-refractivity contribution in [3.8, 4) is 17.1 Å². The van der Waals surface area contributed by atoms with Crippen molar-refractivity contribution in [3.63, 3.8) is 0 Å². The van der Waals surface area contributed by atoms with E-state index in [1.165, 1.54) is 18.5 Å². The molecule has 0 saturated carbocycles. The van der Waals surface area contributed by atoms with E-state index in [9.17, 15) is 9.18 Å². The monoisotopic (exact) mass is 564 g/mol. The lowest BCUT2D eigenvalue weighted by molar-refractivity contribution is 0.196. The number of benzene rings is 2. The van der Waals surface area contributed by atoms with Crippen molar-refractivity contribution in [2.24, 2.45) is 0 Å². The second-order valence-corrected chi connectivity index (χ2v) is 9.18. The van der Waals surface area contributed by atoms with Crippen molar-refractivity contribution in [2.75, 3.05) is 23.8 Å². The van der Waals surface area contributed by atoms with Crippen molar-refractivity contribution in [3.05, 3.63) is 103 Å². The Kier molecular flexibility index (Phi) is 7.36. The van der Waals surface area contributed by atoms with Crippen LogP contribution >= 0.6 is 0 Å². The third-order valence-corrected chi connectivity index (χ3v) is 6.44. The Morgan fingerprint density at radius 3 is 2.67 bits per heavy atom. The molecule has 0 spiro atoms. The lowest BCUT2D eigenvalue weighted by atomic mass is 10.2. The fraction of sp³-hybridized carbons (Fsp3) is 0.103. The van der Waals surface area contributed by atoms with Gasteiger partial charge >= 0.3 is 6.09 Å². The first-order chi connectivity index (χ1) is 20.6. The predicted octanol–water partition coefficient (Wildman–Crippen LogP) is 4.99. The summed E-state index contributed by atoms with van der Waals surface area (Å²) in [6, 6.07) is 19.8. The highest BCUT2D eigenvalue weighted by Crippen LogP contribution is 2.28. The third kappa shape index (κ3) is 5.84. The summed E-state index contributed by atoms with van der Waals surface area (Å²) in [4.78, 5) is 35.6. The van der Waals surface area contributed by atoms with Crippen LogP contribution in [0, 0.1) is 5.82 Å². The number of aromatic amines is 2. The lowest BCUT2D eigenvalue weighted by Gasteiger charge is -2.28.